The van der Waals surface area contributed by atoms with Crippen molar-refractivity contribution in [3.63, 3.8) is 0 Å². The topological polar surface area (TPSA) is 57.4 Å². The van der Waals surface area contributed by atoms with Crippen molar-refractivity contribution in [3.05, 3.63) is 42.0 Å². The number of rotatable bonds is 4. The Balaban J connectivity index is 2.28. The zero-order valence-electron chi connectivity index (χ0n) is 11.7. The van der Waals surface area contributed by atoms with Gasteiger partial charge in [0.15, 0.2) is 17.3 Å². The highest BCUT2D eigenvalue weighted by Crippen LogP contribution is 2.33. The van der Waals surface area contributed by atoms with Gasteiger partial charge in [-0.25, -0.2) is 4.39 Å². The summed E-state index contributed by atoms with van der Waals surface area (Å²) >= 11 is 0. The normalized spacial score (nSPS) is 10.7. The smallest absolute Gasteiger partial charge is 0.167 e. The highest BCUT2D eigenvalue weighted by Gasteiger charge is 2.12. The minimum Gasteiger partial charge on any atom is -0.488 e. The summed E-state index contributed by atoms with van der Waals surface area (Å²) in [6.07, 6.45) is 1.45. The lowest BCUT2D eigenvalue weighted by Gasteiger charge is -2.14. The average molecular weight is 276 g/mol. The number of nitrogen functional groups attached to an aromatic ring is 1. The van der Waals surface area contributed by atoms with E-state index in [1.54, 1.807) is 12.3 Å². The summed E-state index contributed by atoms with van der Waals surface area (Å²) in [4.78, 5) is 4.12. The average Bonchev–Trinajstić information content (AvgIpc) is 2.37. The molecule has 0 spiro atoms. The molecule has 0 saturated heterocycles. The lowest BCUT2D eigenvalue weighted by Crippen LogP contribution is -2.07. The quantitative estimate of drug-likeness (QED) is 0.865. The number of hydrogen-bond acceptors (Lipinski definition) is 4. The predicted octanol–water partition coefficient (Wildman–Crippen LogP) is 3.69. The largest absolute Gasteiger partial charge is 0.488 e. The van der Waals surface area contributed by atoms with Gasteiger partial charge in [0.2, 0.25) is 0 Å². The molecule has 0 bridgehead atoms. The number of nitrogens with two attached hydrogens (primary N) is 1. The Bertz CT molecular complexity index is 598. The first-order valence-corrected chi connectivity index (χ1v) is 6.32. The van der Waals surface area contributed by atoms with Crippen LogP contribution in [0.4, 0.5) is 10.1 Å². The lowest BCUT2D eigenvalue weighted by molar-refractivity contribution is 0.230. The van der Waals surface area contributed by atoms with Gasteiger partial charge in [-0.3, -0.25) is 4.98 Å². The molecule has 0 atom stereocenters. The zero-order valence-corrected chi connectivity index (χ0v) is 11.7. The second-order valence-electron chi connectivity index (χ2n) is 4.72. The van der Waals surface area contributed by atoms with Crippen molar-refractivity contribution in [1.29, 1.82) is 0 Å². The number of ether oxygens (including phenoxy) is 2. The second kappa shape index (κ2) is 5.77. The van der Waals surface area contributed by atoms with Crippen LogP contribution < -0.4 is 15.2 Å². The minimum atomic E-state index is -0.509. The second-order valence-corrected chi connectivity index (χ2v) is 4.72. The number of benzene rings is 1. The summed E-state index contributed by atoms with van der Waals surface area (Å²) in [5.74, 6) is 0.479. The van der Waals surface area contributed by atoms with Crippen LogP contribution in [0.15, 0.2) is 30.5 Å². The van der Waals surface area contributed by atoms with Gasteiger partial charge in [-0.05, 0) is 32.9 Å². The maximum absolute atomic E-state index is 13.7. The van der Waals surface area contributed by atoms with Gasteiger partial charge in [-0.15, -0.1) is 0 Å². The molecule has 106 valence electrons. The van der Waals surface area contributed by atoms with Crippen molar-refractivity contribution in [2.75, 3.05) is 5.73 Å². The molecule has 0 aliphatic heterocycles. The molecule has 20 heavy (non-hydrogen) atoms. The molecule has 5 heteroatoms. The molecule has 0 fully saturated rings. The fraction of sp³-hybridized carbons (Fsp3) is 0.267. The van der Waals surface area contributed by atoms with Crippen LogP contribution in [0, 0.1) is 12.7 Å². The van der Waals surface area contributed by atoms with Gasteiger partial charge >= 0.3 is 0 Å². The van der Waals surface area contributed by atoms with Crippen molar-refractivity contribution in [2.45, 2.75) is 26.9 Å². The van der Waals surface area contributed by atoms with E-state index in [0.717, 1.165) is 5.69 Å². The SMILES string of the molecule is Cc1ccc(Oc2cc(OC(C)C)c(F)cc2N)cn1. The molecule has 1 aromatic heterocycles. The van der Waals surface area contributed by atoms with Gasteiger partial charge in [0.25, 0.3) is 0 Å². The molecule has 4 nitrogen and oxygen atoms in total. The Labute approximate surface area is 117 Å². The minimum absolute atomic E-state index is 0.115. The number of halogens is 1. The van der Waals surface area contributed by atoms with Crippen LogP contribution in [0.25, 0.3) is 0 Å². The molecule has 2 rings (SSSR count). The third kappa shape index (κ3) is 3.38. The van der Waals surface area contributed by atoms with Crippen LogP contribution in [-0.4, -0.2) is 11.1 Å². The molecule has 0 amide bonds. The number of anilines is 1. The van der Waals surface area contributed by atoms with Crippen molar-refractivity contribution < 1.29 is 13.9 Å². The number of aromatic nitrogens is 1. The maximum Gasteiger partial charge on any atom is 0.167 e. The van der Waals surface area contributed by atoms with Gasteiger partial charge in [0.1, 0.15) is 5.75 Å². The third-order valence-corrected chi connectivity index (χ3v) is 2.54. The van der Waals surface area contributed by atoms with Gasteiger partial charge in [0.05, 0.1) is 18.0 Å². The molecule has 2 aromatic rings. The third-order valence-electron chi connectivity index (χ3n) is 2.54. The Morgan fingerprint density at radius 2 is 1.95 bits per heavy atom. The number of pyridine rings is 1. The first-order chi connectivity index (χ1) is 9.45. The number of nitrogens with zero attached hydrogens (tertiary/aromatic N) is 1. The first kappa shape index (κ1) is 14.1. The molecule has 0 unspecified atom stereocenters. The van der Waals surface area contributed by atoms with Crippen molar-refractivity contribution in [3.8, 4) is 17.2 Å². The van der Waals surface area contributed by atoms with Crippen molar-refractivity contribution in [1.82, 2.24) is 4.98 Å². The highest BCUT2D eigenvalue weighted by molar-refractivity contribution is 5.57. The van der Waals surface area contributed by atoms with Gasteiger partial charge in [-0.1, -0.05) is 0 Å². The summed E-state index contributed by atoms with van der Waals surface area (Å²) in [5, 5.41) is 0. The van der Waals surface area contributed by atoms with Crippen molar-refractivity contribution >= 4 is 5.69 Å². The Morgan fingerprint density at radius 1 is 1.20 bits per heavy atom. The van der Waals surface area contributed by atoms with E-state index in [2.05, 4.69) is 4.98 Å². The molecular weight excluding hydrogens is 259 g/mol. The summed E-state index contributed by atoms with van der Waals surface area (Å²) < 4.78 is 24.7. The predicted molar refractivity (Wildman–Crippen MR) is 75.6 cm³/mol. The van der Waals surface area contributed by atoms with Crippen LogP contribution in [0.5, 0.6) is 17.2 Å². The fourth-order valence-electron chi connectivity index (χ4n) is 1.62. The van der Waals surface area contributed by atoms with E-state index in [-0.39, 0.29) is 17.5 Å². The van der Waals surface area contributed by atoms with Crippen LogP contribution in [0.2, 0.25) is 0 Å². The molecule has 0 aliphatic carbocycles. The maximum atomic E-state index is 13.7. The van der Waals surface area contributed by atoms with Crippen LogP contribution >= 0.6 is 0 Å². The zero-order chi connectivity index (χ0) is 14.7. The lowest BCUT2D eigenvalue weighted by atomic mass is 10.2. The van der Waals surface area contributed by atoms with Gasteiger partial charge in [0, 0.05) is 17.8 Å². The fourth-order valence-corrected chi connectivity index (χ4v) is 1.62. The van der Waals surface area contributed by atoms with Crippen LogP contribution in [0.3, 0.4) is 0 Å². The molecule has 0 aliphatic rings. The molecular formula is C15H17FN2O2. The van der Waals surface area contributed by atoms with E-state index in [1.165, 1.54) is 12.1 Å². The number of aryl methyl sites for hydroxylation is 1. The van der Waals surface area contributed by atoms with E-state index in [1.807, 2.05) is 26.8 Å². The van der Waals surface area contributed by atoms with Crippen LogP contribution in [-0.2, 0) is 0 Å². The van der Waals surface area contributed by atoms with Gasteiger partial charge in [-0.2, -0.15) is 0 Å². The first-order valence-electron chi connectivity index (χ1n) is 6.32. The highest BCUT2D eigenvalue weighted by atomic mass is 19.1. The Hall–Kier alpha value is -2.30. The van der Waals surface area contributed by atoms with E-state index in [0.29, 0.717) is 11.5 Å². The van der Waals surface area contributed by atoms with Crippen molar-refractivity contribution in [2.24, 2.45) is 0 Å². The standard InChI is InChI=1S/C15H17FN2O2/c1-9(2)19-14-7-15(13(17)6-12(14)16)20-11-5-4-10(3)18-8-11/h4-9H,17H2,1-3H3. The van der Waals surface area contributed by atoms with E-state index >= 15 is 0 Å². The van der Waals surface area contributed by atoms with E-state index in [4.69, 9.17) is 15.2 Å². The molecule has 1 aromatic carbocycles. The van der Waals surface area contributed by atoms with E-state index in [9.17, 15) is 4.39 Å². The number of hydrogen-bond donors (Lipinski definition) is 1. The Morgan fingerprint density at radius 3 is 2.55 bits per heavy atom. The Kier molecular flexibility index (Phi) is 4.08. The molecule has 2 N–H and O–H groups in total. The van der Waals surface area contributed by atoms with E-state index < -0.39 is 5.82 Å². The summed E-state index contributed by atoms with van der Waals surface area (Å²) in [6.45, 7) is 5.52. The molecule has 0 saturated carbocycles. The summed E-state index contributed by atoms with van der Waals surface area (Å²) in [5.41, 5.74) is 6.85. The summed E-state index contributed by atoms with van der Waals surface area (Å²) in [6, 6.07) is 6.23. The van der Waals surface area contributed by atoms with Gasteiger partial charge < -0.3 is 15.2 Å². The monoisotopic (exact) mass is 276 g/mol. The molecule has 1 heterocycles. The summed E-state index contributed by atoms with van der Waals surface area (Å²) in [7, 11) is 0. The van der Waals surface area contributed by atoms with Crippen LogP contribution in [0.1, 0.15) is 19.5 Å². The molecule has 0 radical (unpaired) electrons.